The molecule has 27 heavy (non-hydrogen) atoms. The topological polar surface area (TPSA) is 94.8 Å². The first-order valence-electron chi connectivity index (χ1n) is 7.66. The fraction of sp³-hybridized carbons (Fsp3) is 0.188. The van der Waals surface area contributed by atoms with E-state index in [0.717, 1.165) is 6.07 Å². The van der Waals surface area contributed by atoms with Gasteiger partial charge in [0.2, 0.25) is 5.95 Å². The quantitative estimate of drug-likeness (QED) is 0.702. The molecule has 0 radical (unpaired) electrons. The van der Waals surface area contributed by atoms with Crippen LogP contribution in [0.1, 0.15) is 18.6 Å². The fourth-order valence-corrected chi connectivity index (χ4v) is 2.29. The summed E-state index contributed by atoms with van der Waals surface area (Å²) < 4.78 is 47.1. The third-order valence-corrected chi connectivity index (χ3v) is 3.58. The Morgan fingerprint density at radius 3 is 2.78 bits per heavy atom. The third kappa shape index (κ3) is 3.86. The molecule has 140 valence electrons. The summed E-state index contributed by atoms with van der Waals surface area (Å²) in [4.78, 5) is 19.3. The summed E-state index contributed by atoms with van der Waals surface area (Å²) in [5, 5.41) is 9.86. The smallest absolute Gasteiger partial charge is 0.413 e. The highest BCUT2D eigenvalue weighted by Gasteiger charge is 2.22. The van der Waals surface area contributed by atoms with Crippen LogP contribution in [0.5, 0.6) is 0 Å². The molecule has 0 aromatic carbocycles. The number of nitrogens with zero attached hydrogens (tertiary/aromatic N) is 5. The van der Waals surface area contributed by atoms with Gasteiger partial charge in [0.05, 0.1) is 11.8 Å². The van der Waals surface area contributed by atoms with Crippen LogP contribution in [0.3, 0.4) is 0 Å². The van der Waals surface area contributed by atoms with Crippen LogP contribution in [0.15, 0.2) is 30.6 Å². The SMILES string of the molecule is C[C@@H](OC(=O)Nc1c(-c2ncccc2F)nnn1C)c1cc(F)cnc1F. The number of hydrogen-bond acceptors (Lipinski definition) is 6. The molecule has 0 saturated carbocycles. The summed E-state index contributed by atoms with van der Waals surface area (Å²) in [5.74, 6) is -2.38. The van der Waals surface area contributed by atoms with Crippen LogP contribution >= 0.6 is 0 Å². The Kier molecular flexibility index (Phi) is 5.01. The van der Waals surface area contributed by atoms with Crippen molar-refractivity contribution < 1.29 is 22.7 Å². The molecule has 0 saturated heterocycles. The van der Waals surface area contributed by atoms with Gasteiger partial charge in [-0.05, 0) is 25.1 Å². The van der Waals surface area contributed by atoms with Crippen molar-refractivity contribution in [1.82, 2.24) is 25.0 Å². The molecule has 0 aliphatic carbocycles. The lowest BCUT2D eigenvalue weighted by Crippen LogP contribution is -2.19. The average molecular weight is 378 g/mol. The summed E-state index contributed by atoms with van der Waals surface area (Å²) in [6, 6.07) is 3.46. The molecule has 1 amide bonds. The van der Waals surface area contributed by atoms with Gasteiger partial charge in [-0.3, -0.25) is 10.3 Å². The minimum Gasteiger partial charge on any atom is -0.441 e. The standard InChI is InChI=1S/C16H13F3N6O2/c1-8(10-6-9(17)7-21-14(10)19)27-16(26)22-15-13(23-24-25(15)2)12-11(18)4-3-5-20-12/h3-8H,1-2H3,(H,22,26)/t8-/m1/s1. The van der Waals surface area contributed by atoms with E-state index in [4.69, 9.17) is 4.74 Å². The molecule has 1 atom stereocenters. The van der Waals surface area contributed by atoms with Crippen molar-refractivity contribution in [2.75, 3.05) is 5.32 Å². The van der Waals surface area contributed by atoms with Crippen LogP contribution in [0.2, 0.25) is 0 Å². The van der Waals surface area contributed by atoms with Crippen molar-refractivity contribution in [2.45, 2.75) is 13.0 Å². The van der Waals surface area contributed by atoms with Crippen LogP contribution < -0.4 is 5.32 Å². The van der Waals surface area contributed by atoms with Crippen LogP contribution in [0.4, 0.5) is 23.8 Å². The Hall–Kier alpha value is -3.50. The largest absolute Gasteiger partial charge is 0.441 e. The third-order valence-electron chi connectivity index (χ3n) is 3.58. The zero-order chi connectivity index (χ0) is 19.6. The summed E-state index contributed by atoms with van der Waals surface area (Å²) >= 11 is 0. The molecule has 3 aromatic rings. The van der Waals surface area contributed by atoms with Crippen LogP contribution in [-0.4, -0.2) is 31.1 Å². The minimum absolute atomic E-state index is 0.0150. The molecule has 0 aliphatic heterocycles. The second-order valence-corrected chi connectivity index (χ2v) is 5.45. The Balaban J connectivity index is 1.80. The molecule has 11 heteroatoms. The minimum atomic E-state index is -1.13. The maximum Gasteiger partial charge on any atom is 0.413 e. The number of pyridine rings is 2. The molecule has 0 spiro atoms. The number of amides is 1. The zero-order valence-electron chi connectivity index (χ0n) is 14.2. The molecular weight excluding hydrogens is 365 g/mol. The predicted molar refractivity (Wildman–Crippen MR) is 86.9 cm³/mol. The molecule has 3 rings (SSSR count). The van der Waals surface area contributed by atoms with Gasteiger partial charge in [0.15, 0.2) is 17.3 Å². The van der Waals surface area contributed by atoms with Crippen molar-refractivity contribution in [3.63, 3.8) is 0 Å². The highest BCUT2D eigenvalue weighted by atomic mass is 19.1. The van der Waals surface area contributed by atoms with Crippen molar-refractivity contribution in [3.8, 4) is 11.4 Å². The molecule has 3 aromatic heterocycles. The van der Waals surface area contributed by atoms with E-state index in [1.807, 2.05) is 0 Å². The first-order valence-corrected chi connectivity index (χ1v) is 7.66. The summed E-state index contributed by atoms with van der Waals surface area (Å²) in [6.45, 7) is 1.35. The first-order chi connectivity index (χ1) is 12.9. The van der Waals surface area contributed by atoms with Crippen LogP contribution in [0, 0.1) is 17.6 Å². The van der Waals surface area contributed by atoms with Crippen molar-refractivity contribution in [1.29, 1.82) is 0 Å². The molecule has 0 unspecified atom stereocenters. The van der Waals surface area contributed by atoms with Gasteiger partial charge in [-0.25, -0.2) is 23.2 Å². The van der Waals surface area contributed by atoms with Gasteiger partial charge in [0.25, 0.3) is 0 Å². The Bertz CT molecular complexity index is 994. The zero-order valence-corrected chi connectivity index (χ0v) is 14.2. The van der Waals surface area contributed by atoms with E-state index in [-0.39, 0.29) is 22.8 Å². The lowest BCUT2D eigenvalue weighted by molar-refractivity contribution is 0.118. The van der Waals surface area contributed by atoms with Gasteiger partial charge in [-0.15, -0.1) is 5.10 Å². The average Bonchev–Trinajstić information content (AvgIpc) is 2.98. The summed E-state index contributed by atoms with van der Waals surface area (Å²) in [5.41, 5.74) is -0.364. The number of rotatable bonds is 4. The number of ether oxygens (including phenoxy) is 1. The van der Waals surface area contributed by atoms with Crippen molar-refractivity contribution in [2.24, 2.45) is 7.05 Å². The number of aryl methyl sites for hydroxylation is 1. The predicted octanol–water partition coefficient (Wildman–Crippen LogP) is 3.00. The second kappa shape index (κ2) is 7.40. The van der Waals surface area contributed by atoms with Crippen molar-refractivity contribution >= 4 is 11.9 Å². The number of carbonyl (C=O) groups is 1. The molecule has 0 aliphatic rings. The Morgan fingerprint density at radius 1 is 1.26 bits per heavy atom. The number of hydrogen-bond donors (Lipinski definition) is 1. The van der Waals surface area contributed by atoms with E-state index < -0.39 is 29.8 Å². The molecule has 0 bridgehead atoms. The normalized spacial score (nSPS) is 11.9. The van der Waals surface area contributed by atoms with E-state index in [1.165, 1.54) is 37.0 Å². The van der Waals surface area contributed by atoms with Crippen molar-refractivity contribution in [3.05, 3.63) is 53.7 Å². The summed E-state index contributed by atoms with van der Waals surface area (Å²) in [7, 11) is 1.46. The Morgan fingerprint density at radius 2 is 2.04 bits per heavy atom. The molecule has 0 fully saturated rings. The summed E-state index contributed by atoms with van der Waals surface area (Å²) in [6.07, 6.45) is -0.0731. The number of halogens is 3. The van der Waals surface area contributed by atoms with E-state index >= 15 is 0 Å². The van der Waals surface area contributed by atoms with Gasteiger partial charge >= 0.3 is 6.09 Å². The van der Waals surface area contributed by atoms with Gasteiger partial charge in [-0.2, -0.15) is 4.39 Å². The lowest BCUT2D eigenvalue weighted by atomic mass is 10.2. The number of anilines is 1. The van der Waals surface area contributed by atoms with Crippen LogP contribution in [0.25, 0.3) is 11.4 Å². The highest BCUT2D eigenvalue weighted by molar-refractivity contribution is 5.88. The van der Waals surface area contributed by atoms with Gasteiger partial charge in [0, 0.05) is 13.2 Å². The molecular formula is C16H13F3N6O2. The molecule has 8 nitrogen and oxygen atoms in total. The Labute approximate surface area is 151 Å². The fourth-order valence-electron chi connectivity index (χ4n) is 2.29. The lowest BCUT2D eigenvalue weighted by Gasteiger charge is -2.15. The molecule has 3 heterocycles. The highest BCUT2D eigenvalue weighted by Crippen LogP contribution is 2.26. The van der Waals surface area contributed by atoms with Crippen LogP contribution in [-0.2, 0) is 11.8 Å². The van der Waals surface area contributed by atoms with E-state index in [2.05, 4.69) is 25.6 Å². The number of aromatic nitrogens is 5. The maximum atomic E-state index is 13.9. The van der Waals surface area contributed by atoms with E-state index in [0.29, 0.717) is 6.20 Å². The first kappa shape index (κ1) is 18.3. The van der Waals surface area contributed by atoms with E-state index in [1.54, 1.807) is 0 Å². The number of carbonyl (C=O) groups excluding carboxylic acids is 1. The van der Waals surface area contributed by atoms with E-state index in [9.17, 15) is 18.0 Å². The number of nitrogens with one attached hydrogen (secondary N) is 1. The van der Waals surface area contributed by atoms with Gasteiger partial charge in [0.1, 0.15) is 17.6 Å². The van der Waals surface area contributed by atoms with Gasteiger partial charge in [-0.1, -0.05) is 5.21 Å². The van der Waals surface area contributed by atoms with Gasteiger partial charge < -0.3 is 4.74 Å². The second-order valence-electron chi connectivity index (χ2n) is 5.45. The maximum absolute atomic E-state index is 13.9. The molecule has 1 N–H and O–H groups in total. The monoisotopic (exact) mass is 378 g/mol.